The average molecular weight is 241 g/mol. The van der Waals surface area contributed by atoms with E-state index in [1.165, 1.54) is 0 Å². The predicted molar refractivity (Wildman–Crippen MR) is 60.4 cm³/mol. The Labute approximate surface area is 101 Å². The Kier molecular flexibility index (Phi) is 3.91. The fraction of sp³-hybridized carbons (Fsp3) is 0.750. The lowest BCUT2D eigenvalue weighted by atomic mass is 9.83. The van der Waals surface area contributed by atoms with Crippen LogP contribution in [0.2, 0.25) is 0 Å². The van der Waals surface area contributed by atoms with Gasteiger partial charge in [0.05, 0.1) is 0 Å². The van der Waals surface area contributed by atoms with E-state index in [4.69, 9.17) is 4.84 Å². The number of nitrogens with zero attached hydrogens (tertiary/aromatic N) is 1. The number of carbonyl (C=O) groups excluding carboxylic acids is 3. The molecule has 0 aromatic rings. The number of amides is 2. The van der Waals surface area contributed by atoms with Crippen molar-refractivity contribution in [2.45, 2.75) is 47.0 Å². The van der Waals surface area contributed by atoms with Crippen molar-refractivity contribution in [2.24, 2.45) is 11.3 Å². The molecule has 0 N–H and O–H groups in total. The van der Waals surface area contributed by atoms with Gasteiger partial charge in [-0.05, 0) is 12.3 Å². The molecule has 5 heteroatoms. The maximum atomic E-state index is 12.1. The first kappa shape index (κ1) is 13.7. The van der Waals surface area contributed by atoms with E-state index in [-0.39, 0.29) is 18.8 Å². The van der Waals surface area contributed by atoms with Crippen molar-refractivity contribution < 1.29 is 19.2 Å². The van der Waals surface area contributed by atoms with Crippen LogP contribution in [-0.4, -0.2) is 22.8 Å². The van der Waals surface area contributed by atoms with E-state index in [2.05, 4.69) is 0 Å². The van der Waals surface area contributed by atoms with Crippen LogP contribution >= 0.6 is 0 Å². The van der Waals surface area contributed by atoms with Gasteiger partial charge in [0.25, 0.3) is 11.8 Å². The van der Waals surface area contributed by atoms with Crippen molar-refractivity contribution in [2.75, 3.05) is 0 Å². The lowest BCUT2D eigenvalue weighted by Crippen LogP contribution is -2.43. The summed E-state index contributed by atoms with van der Waals surface area (Å²) in [7, 11) is 0. The Morgan fingerprint density at radius 1 is 1.47 bits per heavy atom. The molecule has 1 aliphatic heterocycles. The van der Waals surface area contributed by atoms with Gasteiger partial charge in [-0.2, -0.15) is 0 Å². The molecule has 1 heterocycles. The molecule has 0 radical (unpaired) electrons. The minimum absolute atomic E-state index is 0.103. The summed E-state index contributed by atoms with van der Waals surface area (Å²) in [5, 5.41) is 0.648. The molecule has 0 aliphatic carbocycles. The van der Waals surface area contributed by atoms with E-state index >= 15 is 0 Å². The van der Waals surface area contributed by atoms with Crippen molar-refractivity contribution in [3.8, 4) is 0 Å². The summed E-state index contributed by atoms with van der Waals surface area (Å²) in [5.41, 5.74) is -0.681. The number of carbonyl (C=O) groups is 3. The van der Waals surface area contributed by atoms with Crippen LogP contribution in [0.4, 0.5) is 0 Å². The standard InChI is InChI=1S/C12H19NO4/c1-5-10(15)17-13-9(14)6-8(2)7-12(3,4)11(13)16/h8H,5-7H2,1-4H3. The van der Waals surface area contributed by atoms with E-state index < -0.39 is 23.2 Å². The molecule has 1 aliphatic rings. The van der Waals surface area contributed by atoms with Crippen LogP contribution in [-0.2, 0) is 19.2 Å². The fourth-order valence-corrected chi connectivity index (χ4v) is 2.06. The van der Waals surface area contributed by atoms with Crippen molar-refractivity contribution in [1.82, 2.24) is 5.06 Å². The Morgan fingerprint density at radius 2 is 2.06 bits per heavy atom. The van der Waals surface area contributed by atoms with Gasteiger partial charge in [-0.1, -0.05) is 27.7 Å². The normalized spacial score (nSPS) is 24.5. The highest BCUT2D eigenvalue weighted by molar-refractivity contribution is 5.98. The number of hydrogen-bond donors (Lipinski definition) is 0. The van der Waals surface area contributed by atoms with Gasteiger partial charge in [-0.15, -0.1) is 5.06 Å². The van der Waals surface area contributed by atoms with Gasteiger partial charge in [-0.25, -0.2) is 4.79 Å². The lowest BCUT2D eigenvalue weighted by molar-refractivity contribution is -0.205. The summed E-state index contributed by atoms with van der Waals surface area (Å²) < 4.78 is 0. The first-order chi connectivity index (χ1) is 7.77. The van der Waals surface area contributed by atoms with Gasteiger partial charge in [-0.3, -0.25) is 9.59 Å². The smallest absolute Gasteiger partial charge is 0.330 e. The van der Waals surface area contributed by atoms with Crippen LogP contribution < -0.4 is 0 Å². The van der Waals surface area contributed by atoms with Crippen molar-refractivity contribution >= 4 is 17.8 Å². The van der Waals surface area contributed by atoms with Crippen molar-refractivity contribution in [3.63, 3.8) is 0 Å². The highest BCUT2D eigenvalue weighted by Crippen LogP contribution is 2.33. The summed E-state index contributed by atoms with van der Waals surface area (Å²) >= 11 is 0. The Bertz CT molecular complexity index is 348. The maximum Gasteiger partial charge on any atom is 0.332 e. The van der Waals surface area contributed by atoms with Crippen LogP contribution in [0, 0.1) is 11.3 Å². The van der Waals surface area contributed by atoms with Crippen LogP contribution in [0.15, 0.2) is 0 Å². The number of rotatable bonds is 2. The summed E-state index contributed by atoms with van der Waals surface area (Å²) in [5.74, 6) is -1.34. The highest BCUT2D eigenvalue weighted by atomic mass is 16.7. The average Bonchev–Trinajstić information content (AvgIpc) is 2.28. The van der Waals surface area contributed by atoms with Crippen molar-refractivity contribution in [1.29, 1.82) is 0 Å². The zero-order chi connectivity index (χ0) is 13.2. The molecule has 0 saturated carbocycles. The molecular formula is C12H19NO4. The van der Waals surface area contributed by atoms with Gasteiger partial charge < -0.3 is 4.84 Å². The first-order valence-electron chi connectivity index (χ1n) is 5.86. The minimum atomic E-state index is -0.681. The van der Waals surface area contributed by atoms with E-state index in [1.54, 1.807) is 20.8 Å². The third kappa shape index (κ3) is 3.05. The second-order valence-electron chi connectivity index (χ2n) is 5.21. The largest absolute Gasteiger partial charge is 0.332 e. The number of hydrogen-bond acceptors (Lipinski definition) is 4. The van der Waals surface area contributed by atoms with Crippen LogP contribution in [0.5, 0.6) is 0 Å². The Morgan fingerprint density at radius 3 is 2.59 bits per heavy atom. The summed E-state index contributed by atoms with van der Waals surface area (Å²) in [6.07, 6.45) is 0.969. The van der Waals surface area contributed by atoms with E-state index in [0.717, 1.165) is 0 Å². The summed E-state index contributed by atoms with van der Waals surface area (Å²) in [6, 6.07) is 0. The minimum Gasteiger partial charge on any atom is -0.330 e. The molecule has 1 unspecified atom stereocenters. The molecule has 1 fully saturated rings. The molecule has 0 spiro atoms. The lowest BCUT2D eigenvalue weighted by Gasteiger charge is -2.26. The molecule has 17 heavy (non-hydrogen) atoms. The van der Waals surface area contributed by atoms with E-state index in [1.807, 2.05) is 6.92 Å². The van der Waals surface area contributed by atoms with Gasteiger partial charge in [0.2, 0.25) is 0 Å². The molecular weight excluding hydrogens is 222 g/mol. The van der Waals surface area contributed by atoms with Crippen LogP contribution in [0.3, 0.4) is 0 Å². The SMILES string of the molecule is CCC(=O)ON1C(=O)CC(C)CC(C)(C)C1=O. The molecule has 96 valence electrons. The second kappa shape index (κ2) is 4.85. The molecule has 0 aromatic heterocycles. The zero-order valence-electron chi connectivity index (χ0n) is 10.8. The molecule has 1 rings (SSSR count). The Hall–Kier alpha value is -1.39. The fourth-order valence-electron chi connectivity index (χ4n) is 2.06. The third-order valence-corrected chi connectivity index (χ3v) is 2.85. The molecule has 5 nitrogen and oxygen atoms in total. The molecule has 2 amide bonds. The highest BCUT2D eigenvalue weighted by Gasteiger charge is 2.42. The number of hydroxylamine groups is 2. The molecule has 0 aromatic carbocycles. The van der Waals surface area contributed by atoms with Gasteiger partial charge in [0, 0.05) is 18.3 Å². The number of imide groups is 1. The molecule has 1 atom stereocenters. The van der Waals surface area contributed by atoms with Gasteiger partial charge in [0.1, 0.15) is 0 Å². The molecule has 0 bridgehead atoms. The second-order valence-corrected chi connectivity index (χ2v) is 5.21. The van der Waals surface area contributed by atoms with Crippen LogP contribution in [0.25, 0.3) is 0 Å². The Balaban J connectivity index is 2.96. The van der Waals surface area contributed by atoms with Gasteiger partial charge in [0.15, 0.2) is 0 Å². The van der Waals surface area contributed by atoms with E-state index in [0.29, 0.717) is 11.5 Å². The van der Waals surface area contributed by atoms with Crippen molar-refractivity contribution in [3.05, 3.63) is 0 Å². The van der Waals surface area contributed by atoms with E-state index in [9.17, 15) is 14.4 Å². The monoisotopic (exact) mass is 241 g/mol. The summed E-state index contributed by atoms with van der Waals surface area (Å²) in [6.45, 7) is 7.05. The van der Waals surface area contributed by atoms with Gasteiger partial charge >= 0.3 is 5.97 Å². The van der Waals surface area contributed by atoms with Crippen LogP contribution in [0.1, 0.15) is 47.0 Å². The molecule has 1 saturated heterocycles. The first-order valence-corrected chi connectivity index (χ1v) is 5.86. The summed E-state index contributed by atoms with van der Waals surface area (Å²) in [4.78, 5) is 39.9. The zero-order valence-corrected chi connectivity index (χ0v) is 10.8. The third-order valence-electron chi connectivity index (χ3n) is 2.85. The predicted octanol–water partition coefficient (Wildman–Crippen LogP) is 1.67. The topological polar surface area (TPSA) is 63.7 Å². The maximum absolute atomic E-state index is 12.1. The quantitative estimate of drug-likeness (QED) is 0.690.